The maximum atomic E-state index is 12.9. The van der Waals surface area contributed by atoms with E-state index in [1.54, 1.807) is 23.7 Å². The van der Waals surface area contributed by atoms with Crippen LogP contribution in [0.1, 0.15) is 41.7 Å². The average molecular weight is 433 g/mol. The van der Waals surface area contributed by atoms with E-state index in [9.17, 15) is 9.59 Å². The molecule has 0 atom stereocenters. The topological polar surface area (TPSA) is 112 Å². The minimum Gasteiger partial charge on any atom is -0.466 e. The molecule has 0 fully saturated rings. The monoisotopic (exact) mass is 433 g/mol. The quantitative estimate of drug-likeness (QED) is 0.420. The molecule has 0 spiro atoms. The Kier molecular flexibility index (Phi) is 6.25. The van der Waals surface area contributed by atoms with Gasteiger partial charge in [0.05, 0.1) is 12.8 Å². The number of rotatable bonds is 8. The summed E-state index contributed by atoms with van der Waals surface area (Å²) in [6.45, 7) is 4.05. The number of hydrogen-bond donors (Lipinski definition) is 1. The fraction of sp³-hybridized carbons (Fsp3) is 0.261. The molecule has 32 heavy (non-hydrogen) atoms. The van der Waals surface area contributed by atoms with E-state index in [1.807, 2.05) is 43.3 Å². The molecule has 164 valence electrons. The molecule has 9 heteroatoms. The molecule has 4 rings (SSSR count). The maximum Gasteiger partial charge on any atom is 0.305 e. The first-order valence-electron chi connectivity index (χ1n) is 10.4. The Bertz CT molecular complexity index is 1260. The van der Waals surface area contributed by atoms with E-state index >= 15 is 0 Å². The van der Waals surface area contributed by atoms with Crippen LogP contribution < -0.4 is 5.32 Å². The van der Waals surface area contributed by atoms with Gasteiger partial charge in [0, 0.05) is 30.3 Å². The van der Waals surface area contributed by atoms with Crippen molar-refractivity contribution in [2.24, 2.45) is 0 Å². The standard InChI is InChI=1S/C23H23N5O4/c1-3-31-21(29)9-6-8-20-26-22(27-32-20)16-11-10-15(2)17(13-16)25-23(30)18-14-24-19-7-4-5-12-28(18)19/h4-5,7,10-14H,3,6,8-9H2,1-2H3,(H,25,30). The number of nitrogens with one attached hydrogen (secondary N) is 1. The van der Waals surface area contributed by atoms with Gasteiger partial charge in [0.25, 0.3) is 5.91 Å². The number of amides is 1. The Labute approximate surface area is 184 Å². The summed E-state index contributed by atoms with van der Waals surface area (Å²) in [7, 11) is 0. The van der Waals surface area contributed by atoms with E-state index in [0.717, 1.165) is 5.56 Å². The molecule has 3 heterocycles. The van der Waals surface area contributed by atoms with Gasteiger partial charge in [0.2, 0.25) is 11.7 Å². The van der Waals surface area contributed by atoms with Gasteiger partial charge in [-0.1, -0.05) is 23.4 Å². The first kappa shape index (κ1) is 21.2. The second-order valence-electron chi connectivity index (χ2n) is 7.23. The molecule has 1 aromatic carbocycles. The molecule has 4 aromatic rings. The summed E-state index contributed by atoms with van der Waals surface area (Å²) < 4.78 is 12.0. The van der Waals surface area contributed by atoms with Crippen molar-refractivity contribution in [1.82, 2.24) is 19.5 Å². The van der Waals surface area contributed by atoms with E-state index in [0.29, 0.717) is 60.2 Å². The second kappa shape index (κ2) is 9.42. The summed E-state index contributed by atoms with van der Waals surface area (Å²) in [6.07, 6.45) is 4.69. The number of hydrogen-bond acceptors (Lipinski definition) is 7. The summed E-state index contributed by atoms with van der Waals surface area (Å²) in [5.74, 6) is 0.358. The molecule has 3 aromatic heterocycles. The smallest absolute Gasteiger partial charge is 0.305 e. The summed E-state index contributed by atoms with van der Waals surface area (Å²) in [5, 5.41) is 6.98. The van der Waals surface area contributed by atoms with Gasteiger partial charge in [-0.2, -0.15) is 4.98 Å². The molecule has 0 aliphatic rings. The van der Waals surface area contributed by atoms with E-state index in [2.05, 4.69) is 20.4 Å². The second-order valence-corrected chi connectivity index (χ2v) is 7.23. The minimum absolute atomic E-state index is 0.239. The molecule has 0 unspecified atom stereocenters. The van der Waals surface area contributed by atoms with Crippen molar-refractivity contribution in [3.63, 3.8) is 0 Å². The molecule has 0 saturated carbocycles. The summed E-state index contributed by atoms with van der Waals surface area (Å²) >= 11 is 0. The predicted octanol–water partition coefficient (Wildman–Crippen LogP) is 3.83. The van der Waals surface area contributed by atoms with Crippen LogP contribution in [0.4, 0.5) is 5.69 Å². The van der Waals surface area contributed by atoms with Crippen LogP contribution in [-0.4, -0.2) is 38.0 Å². The summed E-state index contributed by atoms with van der Waals surface area (Å²) in [6, 6.07) is 11.1. The van der Waals surface area contributed by atoms with Gasteiger partial charge in [-0.25, -0.2) is 4.98 Å². The van der Waals surface area contributed by atoms with Crippen LogP contribution in [0.15, 0.2) is 53.3 Å². The molecule has 0 aliphatic carbocycles. The highest BCUT2D eigenvalue weighted by atomic mass is 16.5. The van der Waals surface area contributed by atoms with E-state index in [4.69, 9.17) is 9.26 Å². The fourth-order valence-electron chi connectivity index (χ4n) is 3.27. The third-order valence-corrected chi connectivity index (χ3v) is 4.94. The highest BCUT2D eigenvalue weighted by Gasteiger charge is 2.15. The Hall–Kier alpha value is -4.01. The van der Waals surface area contributed by atoms with Gasteiger partial charge in [-0.3, -0.25) is 14.0 Å². The number of aryl methyl sites for hydroxylation is 2. The van der Waals surface area contributed by atoms with Crippen LogP contribution in [0, 0.1) is 6.92 Å². The lowest BCUT2D eigenvalue weighted by atomic mass is 10.1. The van der Waals surface area contributed by atoms with Crippen LogP contribution in [0.5, 0.6) is 0 Å². The van der Waals surface area contributed by atoms with E-state index in [1.165, 1.54) is 0 Å². The normalized spacial score (nSPS) is 10.9. The molecular formula is C23H23N5O4. The number of nitrogens with zero attached hydrogens (tertiary/aromatic N) is 4. The number of aromatic nitrogens is 4. The van der Waals surface area contributed by atoms with Crippen molar-refractivity contribution in [1.29, 1.82) is 0 Å². The zero-order chi connectivity index (χ0) is 22.5. The Morgan fingerprint density at radius 1 is 1.22 bits per heavy atom. The number of benzene rings is 1. The van der Waals surface area contributed by atoms with Gasteiger partial charge < -0.3 is 14.6 Å². The lowest BCUT2D eigenvalue weighted by Crippen LogP contribution is -2.15. The van der Waals surface area contributed by atoms with Gasteiger partial charge in [-0.05, 0) is 44.0 Å². The van der Waals surface area contributed by atoms with E-state index in [-0.39, 0.29) is 11.9 Å². The number of pyridine rings is 1. The highest BCUT2D eigenvalue weighted by molar-refractivity contribution is 6.04. The minimum atomic E-state index is -0.267. The Morgan fingerprint density at radius 2 is 2.09 bits per heavy atom. The first-order valence-corrected chi connectivity index (χ1v) is 10.4. The maximum absolute atomic E-state index is 12.9. The van der Waals surface area contributed by atoms with Crippen LogP contribution in [0.25, 0.3) is 17.0 Å². The molecule has 1 N–H and O–H groups in total. The number of anilines is 1. The Balaban J connectivity index is 1.47. The largest absolute Gasteiger partial charge is 0.466 e. The van der Waals surface area contributed by atoms with Crippen LogP contribution >= 0.6 is 0 Å². The van der Waals surface area contributed by atoms with Gasteiger partial charge in [-0.15, -0.1) is 0 Å². The first-order chi connectivity index (χ1) is 15.5. The van der Waals surface area contributed by atoms with E-state index < -0.39 is 0 Å². The van der Waals surface area contributed by atoms with Crippen molar-refractivity contribution in [3.05, 3.63) is 65.9 Å². The van der Waals surface area contributed by atoms with Crippen molar-refractivity contribution in [2.45, 2.75) is 33.1 Å². The lowest BCUT2D eigenvalue weighted by Gasteiger charge is -2.09. The van der Waals surface area contributed by atoms with Crippen LogP contribution in [-0.2, 0) is 16.0 Å². The number of carbonyl (C=O) groups is 2. The van der Waals surface area contributed by atoms with Gasteiger partial charge >= 0.3 is 5.97 Å². The fourth-order valence-corrected chi connectivity index (χ4v) is 3.27. The molecule has 9 nitrogen and oxygen atoms in total. The van der Waals surface area contributed by atoms with Gasteiger partial charge in [0.15, 0.2) is 0 Å². The third-order valence-electron chi connectivity index (χ3n) is 4.94. The molecule has 1 amide bonds. The zero-order valence-electron chi connectivity index (χ0n) is 17.9. The van der Waals surface area contributed by atoms with Crippen LogP contribution in [0.3, 0.4) is 0 Å². The number of fused-ring (bicyclic) bond motifs is 1. The molecule has 0 radical (unpaired) electrons. The number of esters is 1. The summed E-state index contributed by atoms with van der Waals surface area (Å²) in [5.41, 5.74) is 3.39. The number of imidazole rings is 1. The Morgan fingerprint density at radius 3 is 2.94 bits per heavy atom. The van der Waals surface area contributed by atoms with Crippen molar-refractivity contribution in [3.8, 4) is 11.4 Å². The third kappa shape index (κ3) is 4.66. The molecular weight excluding hydrogens is 410 g/mol. The predicted molar refractivity (Wildman–Crippen MR) is 117 cm³/mol. The number of carbonyl (C=O) groups excluding carboxylic acids is 2. The van der Waals surface area contributed by atoms with Gasteiger partial charge in [0.1, 0.15) is 11.3 Å². The van der Waals surface area contributed by atoms with Crippen molar-refractivity contribution in [2.75, 3.05) is 11.9 Å². The SMILES string of the molecule is CCOC(=O)CCCc1nc(-c2ccc(C)c(NC(=O)c3cnc4ccccn34)c2)no1. The zero-order valence-corrected chi connectivity index (χ0v) is 17.9. The molecule has 0 saturated heterocycles. The van der Waals surface area contributed by atoms with Crippen molar-refractivity contribution < 1.29 is 18.8 Å². The lowest BCUT2D eigenvalue weighted by molar-refractivity contribution is -0.143. The molecule has 0 aliphatic heterocycles. The number of ether oxygens (including phenoxy) is 1. The average Bonchev–Trinajstić information content (AvgIpc) is 3.43. The molecule has 0 bridgehead atoms. The van der Waals surface area contributed by atoms with Crippen molar-refractivity contribution >= 4 is 23.2 Å². The highest BCUT2D eigenvalue weighted by Crippen LogP contribution is 2.24. The van der Waals surface area contributed by atoms with Crippen LogP contribution in [0.2, 0.25) is 0 Å². The summed E-state index contributed by atoms with van der Waals surface area (Å²) in [4.78, 5) is 33.0.